The standard InChI is InChI=1S/C35H41N/c1-3-5-7-10-18-31-27-34(29-21-23-30(24-22-29)35-20-14-15-25-36-35)32(19-11-8-6-4-2)26-33(31)28-16-12-9-13-17-28/h9,12-17,20-27H,3-8,10-11,18-19H2,1-2H3. The van der Waals surface area contributed by atoms with Gasteiger partial charge in [-0.2, -0.15) is 0 Å². The Bertz CT molecular complexity index is 1180. The van der Waals surface area contributed by atoms with Crippen LogP contribution in [0, 0.1) is 0 Å². The van der Waals surface area contributed by atoms with Gasteiger partial charge in [-0.05, 0) is 71.2 Å². The van der Waals surface area contributed by atoms with E-state index in [1.807, 2.05) is 12.3 Å². The zero-order valence-corrected chi connectivity index (χ0v) is 22.2. The molecule has 0 aliphatic rings. The SMILES string of the molecule is CCCCCCc1cc(-c2ccc(-c3ccccn3)cc2)c(CCCCCC)cc1-c1ccccc1. The highest BCUT2D eigenvalue weighted by Crippen LogP contribution is 2.35. The van der Waals surface area contributed by atoms with E-state index in [9.17, 15) is 0 Å². The number of pyridine rings is 1. The molecular formula is C35H41N. The lowest BCUT2D eigenvalue weighted by Gasteiger charge is -2.18. The van der Waals surface area contributed by atoms with E-state index in [4.69, 9.17) is 0 Å². The Morgan fingerprint density at radius 3 is 1.56 bits per heavy atom. The molecule has 186 valence electrons. The summed E-state index contributed by atoms with van der Waals surface area (Å²) in [6.07, 6.45) is 14.4. The minimum absolute atomic E-state index is 1.03. The van der Waals surface area contributed by atoms with E-state index < -0.39 is 0 Å². The molecular weight excluding hydrogens is 434 g/mol. The molecule has 0 aliphatic heterocycles. The molecule has 0 spiro atoms. The van der Waals surface area contributed by atoms with E-state index >= 15 is 0 Å². The van der Waals surface area contributed by atoms with Crippen LogP contribution in [0.4, 0.5) is 0 Å². The Morgan fingerprint density at radius 1 is 0.500 bits per heavy atom. The molecule has 0 bridgehead atoms. The van der Waals surface area contributed by atoms with Gasteiger partial charge in [-0.1, -0.05) is 125 Å². The molecule has 4 rings (SSSR count). The Balaban J connectivity index is 1.73. The summed E-state index contributed by atoms with van der Waals surface area (Å²) in [7, 11) is 0. The van der Waals surface area contributed by atoms with Crippen LogP contribution in [0.1, 0.15) is 76.3 Å². The highest BCUT2D eigenvalue weighted by Gasteiger charge is 2.14. The number of nitrogens with zero attached hydrogens (tertiary/aromatic N) is 1. The molecule has 0 saturated heterocycles. The summed E-state index contributed by atoms with van der Waals surface area (Å²) >= 11 is 0. The minimum atomic E-state index is 1.03. The van der Waals surface area contributed by atoms with Crippen molar-refractivity contribution in [2.24, 2.45) is 0 Å². The van der Waals surface area contributed by atoms with Crippen molar-refractivity contribution in [3.63, 3.8) is 0 Å². The number of rotatable bonds is 13. The lowest BCUT2D eigenvalue weighted by Crippen LogP contribution is -1.99. The van der Waals surface area contributed by atoms with E-state index in [-0.39, 0.29) is 0 Å². The number of hydrogen-bond donors (Lipinski definition) is 0. The average molecular weight is 476 g/mol. The predicted molar refractivity (Wildman–Crippen MR) is 156 cm³/mol. The molecule has 1 aromatic heterocycles. The van der Waals surface area contributed by atoms with Gasteiger partial charge in [0.05, 0.1) is 5.69 Å². The predicted octanol–water partition coefficient (Wildman–Crippen LogP) is 10.3. The van der Waals surface area contributed by atoms with Crippen LogP contribution in [0.3, 0.4) is 0 Å². The second kappa shape index (κ2) is 13.8. The van der Waals surface area contributed by atoms with Crippen molar-refractivity contribution in [2.75, 3.05) is 0 Å². The summed E-state index contributed by atoms with van der Waals surface area (Å²) < 4.78 is 0. The van der Waals surface area contributed by atoms with Gasteiger partial charge in [-0.15, -0.1) is 0 Å². The van der Waals surface area contributed by atoms with E-state index in [2.05, 4.69) is 97.7 Å². The second-order valence-corrected chi connectivity index (χ2v) is 9.95. The topological polar surface area (TPSA) is 12.9 Å². The summed E-state index contributed by atoms with van der Waals surface area (Å²) in [5.74, 6) is 0. The lowest BCUT2D eigenvalue weighted by atomic mass is 9.86. The molecule has 0 radical (unpaired) electrons. The van der Waals surface area contributed by atoms with Gasteiger partial charge >= 0.3 is 0 Å². The van der Waals surface area contributed by atoms with Crippen LogP contribution in [0.15, 0.2) is 91.1 Å². The number of unbranched alkanes of at least 4 members (excludes halogenated alkanes) is 6. The number of aromatic nitrogens is 1. The van der Waals surface area contributed by atoms with Crippen LogP contribution in [-0.2, 0) is 12.8 Å². The quantitative estimate of drug-likeness (QED) is 0.175. The summed E-state index contributed by atoms with van der Waals surface area (Å²) in [6.45, 7) is 4.57. The van der Waals surface area contributed by atoms with Crippen LogP contribution in [0.25, 0.3) is 33.5 Å². The molecule has 0 atom stereocenters. The van der Waals surface area contributed by atoms with E-state index in [1.165, 1.54) is 90.3 Å². The maximum Gasteiger partial charge on any atom is 0.0701 e. The lowest BCUT2D eigenvalue weighted by molar-refractivity contribution is 0.664. The molecule has 3 aromatic carbocycles. The fourth-order valence-corrected chi connectivity index (χ4v) is 5.10. The molecule has 0 N–H and O–H groups in total. The van der Waals surface area contributed by atoms with E-state index in [0.717, 1.165) is 18.5 Å². The van der Waals surface area contributed by atoms with Crippen LogP contribution in [-0.4, -0.2) is 4.98 Å². The van der Waals surface area contributed by atoms with Gasteiger partial charge in [0.2, 0.25) is 0 Å². The van der Waals surface area contributed by atoms with Crippen molar-refractivity contribution in [3.8, 4) is 33.5 Å². The van der Waals surface area contributed by atoms with Crippen molar-refractivity contribution >= 4 is 0 Å². The number of benzene rings is 3. The molecule has 0 unspecified atom stereocenters. The van der Waals surface area contributed by atoms with Crippen molar-refractivity contribution in [2.45, 2.75) is 78.1 Å². The Kier molecular flexibility index (Phi) is 9.91. The van der Waals surface area contributed by atoms with Crippen molar-refractivity contribution in [1.29, 1.82) is 0 Å². The summed E-state index contributed by atoms with van der Waals surface area (Å²) in [4.78, 5) is 4.53. The third-order valence-electron chi connectivity index (χ3n) is 7.17. The van der Waals surface area contributed by atoms with Crippen molar-refractivity contribution in [1.82, 2.24) is 4.98 Å². The van der Waals surface area contributed by atoms with Crippen LogP contribution in [0.5, 0.6) is 0 Å². The Hall–Kier alpha value is -3.19. The van der Waals surface area contributed by atoms with Gasteiger partial charge in [0, 0.05) is 11.8 Å². The van der Waals surface area contributed by atoms with Gasteiger partial charge in [0.15, 0.2) is 0 Å². The first-order valence-electron chi connectivity index (χ1n) is 14.0. The molecule has 0 amide bonds. The molecule has 1 heteroatoms. The molecule has 0 fully saturated rings. The number of hydrogen-bond acceptors (Lipinski definition) is 1. The molecule has 1 heterocycles. The van der Waals surface area contributed by atoms with Gasteiger partial charge in [0.1, 0.15) is 0 Å². The third-order valence-corrected chi connectivity index (χ3v) is 7.17. The fraction of sp³-hybridized carbons (Fsp3) is 0.343. The maximum absolute atomic E-state index is 4.53. The normalized spacial score (nSPS) is 11.1. The summed E-state index contributed by atoms with van der Waals surface area (Å²) in [6, 6.07) is 31.2. The van der Waals surface area contributed by atoms with Gasteiger partial charge in [-0.3, -0.25) is 4.98 Å². The largest absolute Gasteiger partial charge is 0.256 e. The van der Waals surface area contributed by atoms with Gasteiger partial charge in [-0.25, -0.2) is 0 Å². The average Bonchev–Trinajstić information content (AvgIpc) is 2.94. The Labute approximate surface area is 218 Å². The molecule has 1 nitrogen and oxygen atoms in total. The molecule has 0 saturated carbocycles. The van der Waals surface area contributed by atoms with E-state index in [1.54, 1.807) is 0 Å². The third kappa shape index (κ3) is 6.94. The first-order chi connectivity index (χ1) is 17.8. The molecule has 36 heavy (non-hydrogen) atoms. The van der Waals surface area contributed by atoms with Gasteiger partial charge < -0.3 is 0 Å². The number of aryl methyl sites for hydroxylation is 2. The van der Waals surface area contributed by atoms with Crippen LogP contribution < -0.4 is 0 Å². The zero-order chi connectivity index (χ0) is 25.0. The van der Waals surface area contributed by atoms with Crippen LogP contribution in [0.2, 0.25) is 0 Å². The second-order valence-electron chi connectivity index (χ2n) is 9.95. The smallest absolute Gasteiger partial charge is 0.0701 e. The van der Waals surface area contributed by atoms with Gasteiger partial charge in [0.25, 0.3) is 0 Å². The zero-order valence-electron chi connectivity index (χ0n) is 22.2. The maximum atomic E-state index is 4.53. The highest BCUT2D eigenvalue weighted by atomic mass is 14.7. The Morgan fingerprint density at radius 2 is 1.03 bits per heavy atom. The summed E-state index contributed by atoms with van der Waals surface area (Å²) in [5.41, 5.74) is 10.6. The molecule has 4 aromatic rings. The molecule has 0 aliphatic carbocycles. The fourth-order valence-electron chi connectivity index (χ4n) is 5.10. The first kappa shape index (κ1) is 25.9. The minimum Gasteiger partial charge on any atom is -0.256 e. The highest BCUT2D eigenvalue weighted by molar-refractivity contribution is 5.78. The monoisotopic (exact) mass is 475 g/mol. The van der Waals surface area contributed by atoms with Crippen molar-refractivity contribution < 1.29 is 0 Å². The van der Waals surface area contributed by atoms with E-state index in [0.29, 0.717) is 0 Å². The summed E-state index contributed by atoms with van der Waals surface area (Å²) in [5, 5.41) is 0. The first-order valence-corrected chi connectivity index (χ1v) is 14.0. The van der Waals surface area contributed by atoms with Crippen molar-refractivity contribution in [3.05, 3.63) is 102 Å². The van der Waals surface area contributed by atoms with Crippen LogP contribution >= 0.6 is 0 Å².